The van der Waals surface area contributed by atoms with Crippen LogP contribution in [0.5, 0.6) is 0 Å². The summed E-state index contributed by atoms with van der Waals surface area (Å²) in [4.78, 5) is 9.59. The van der Waals surface area contributed by atoms with Gasteiger partial charge in [-0.3, -0.25) is 4.90 Å². The molecule has 1 fully saturated rings. The van der Waals surface area contributed by atoms with E-state index in [1.165, 1.54) is 6.07 Å². The van der Waals surface area contributed by atoms with E-state index < -0.39 is 6.10 Å². The molecule has 0 bridgehead atoms. The zero-order valence-electron chi connectivity index (χ0n) is 12.8. The number of rotatable bonds is 4. The van der Waals surface area contributed by atoms with E-state index in [9.17, 15) is 9.50 Å². The maximum absolute atomic E-state index is 13.7. The molecule has 4 nitrogen and oxygen atoms in total. The second-order valence-corrected chi connectivity index (χ2v) is 6.12. The van der Waals surface area contributed by atoms with E-state index in [1.54, 1.807) is 12.4 Å². The number of β-amino-alcohol motifs (C(OH)–C–C–N with tert-alkyl or cyclic N) is 1. The molecule has 0 radical (unpaired) electrons. The lowest BCUT2D eigenvalue weighted by atomic mass is 9.87. The topological polar surface area (TPSA) is 52.2 Å². The van der Waals surface area contributed by atoms with Gasteiger partial charge in [-0.25, -0.2) is 9.37 Å². The molecular weight excluding hydrogens is 281 g/mol. The minimum atomic E-state index is -0.424. The summed E-state index contributed by atoms with van der Waals surface area (Å²) in [7, 11) is 0. The van der Waals surface area contributed by atoms with Crippen molar-refractivity contribution in [1.82, 2.24) is 14.9 Å². The number of likely N-dealkylation sites (tertiary alicyclic amines) is 1. The Morgan fingerprint density at radius 3 is 2.91 bits per heavy atom. The summed E-state index contributed by atoms with van der Waals surface area (Å²) in [5.41, 5.74) is 2.80. The van der Waals surface area contributed by atoms with Crippen molar-refractivity contribution >= 4 is 0 Å². The Morgan fingerprint density at radius 1 is 1.41 bits per heavy atom. The van der Waals surface area contributed by atoms with Crippen LogP contribution in [-0.4, -0.2) is 39.2 Å². The lowest BCUT2D eigenvalue weighted by Gasteiger charge is -2.35. The fourth-order valence-electron chi connectivity index (χ4n) is 3.13. The number of aliphatic hydroxyl groups is 1. The number of hydrogen-bond acceptors (Lipinski definition) is 3. The van der Waals surface area contributed by atoms with Crippen LogP contribution in [0.1, 0.15) is 23.4 Å². The van der Waals surface area contributed by atoms with E-state index in [0.717, 1.165) is 30.9 Å². The third-order valence-electron chi connectivity index (χ3n) is 4.55. The van der Waals surface area contributed by atoms with Crippen molar-refractivity contribution < 1.29 is 9.50 Å². The summed E-state index contributed by atoms with van der Waals surface area (Å²) in [6.07, 6.45) is 2.75. The molecule has 0 amide bonds. The van der Waals surface area contributed by atoms with Gasteiger partial charge in [-0.2, -0.15) is 0 Å². The molecule has 1 aromatic heterocycles. The van der Waals surface area contributed by atoms with Crippen LogP contribution in [0.25, 0.3) is 0 Å². The normalized spacial score (nSPS) is 22.9. The number of benzene rings is 1. The van der Waals surface area contributed by atoms with Gasteiger partial charge in [-0.15, -0.1) is 0 Å². The first-order valence-corrected chi connectivity index (χ1v) is 7.76. The van der Waals surface area contributed by atoms with Gasteiger partial charge in [0.1, 0.15) is 5.82 Å². The Bertz CT molecular complexity index is 628. The van der Waals surface area contributed by atoms with Crippen molar-refractivity contribution in [3.63, 3.8) is 0 Å². The number of nitrogens with one attached hydrogen (secondary N) is 1. The van der Waals surface area contributed by atoms with Gasteiger partial charge in [0, 0.05) is 18.8 Å². The molecule has 0 aliphatic carbocycles. The van der Waals surface area contributed by atoms with Crippen LogP contribution in [0.3, 0.4) is 0 Å². The monoisotopic (exact) mass is 303 g/mol. The molecule has 0 spiro atoms. The van der Waals surface area contributed by atoms with Gasteiger partial charge in [0.25, 0.3) is 0 Å². The summed E-state index contributed by atoms with van der Waals surface area (Å²) in [5.74, 6) is -0.0577. The Morgan fingerprint density at radius 2 is 2.23 bits per heavy atom. The van der Waals surface area contributed by atoms with Gasteiger partial charge < -0.3 is 10.1 Å². The number of aliphatic hydroxyl groups excluding tert-OH is 1. The van der Waals surface area contributed by atoms with Crippen LogP contribution in [-0.2, 0) is 13.0 Å². The van der Waals surface area contributed by atoms with Gasteiger partial charge in [0.15, 0.2) is 0 Å². The van der Waals surface area contributed by atoms with Crippen molar-refractivity contribution in [1.29, 1.82) is 0 Å². The fraction of sp³-hybridized carbons (Fsp3) is 0.471. The number of hydrogen-bond donors (Lipinski definition) is 2. The quantitative estimate of drug-likeness (QED) is 0.911. The van der Waals surface area contributed by atoms with Crippen LogP contribution in [0.15, 0.2) is 30.6 Å². The van der Waals surface area contributed by atoms with E-state index in [4.69, 9.17) is 0 Å². The summed E-state index contributed by atoms with van der Waals surface area (Å²) >= 11 is 0. The van der Waals surface area contributed by atoms with Crippen molar-refractivity contribution in [2.75, 3.05) is 13.1 Å². The maximum Gasteiger partial charge on any atom is 0.126 e. The van der Waals surface area contributed by atoms with E-state index >= 15 is 0 Å². The van der Waals surface area contributed by atoms with Crippen LogP contribution in [0.4, 0.5) is 4.39 Å². The molecule has 0 unspecified atom stereocenters. The van der Waals surface area contributed by atoms with Crippen molar-refractivity contribution in [2.24, 2.45) is 5.92 Å². The summed E-state index contributed by atoms with van der Waals surface area (Å²) < 4.78 is 13.7. The Balaban J connectivity index is 1.58. The van der Waals surface area contributed by atoms with Crippen LogP contribution in [0, 0.1) is 18.7 Å². The van der Waals surface area contributed by atoms with Crippen molar-refractivity contribution in [3.8, 4) is 0 Å². The third kappa shape index (κ3) is 3.36. The average Bonchev–Trinajstić information content (AvgIpc) is 2.89. The SMILES string of the molecule is Cc1[nH]cnc1CN1CC[C@H](Cc2ccccc2F)[C@@H](O)C1. The second-order valence-electron chi connectivity index (χ2n) is 6.12. The fourth-order valence-corrected chi connectivity index (χ4v) is 3.13. The van der Waals surface area contributed by atoms with Crippen molar-refractivity contribution in [2.45, 2.75) is 32.4 Å². The first-order chi connectivity index (χ1) is 10.6. The van der Waals surface area contributed by atoms with Gasteiger partial charge >= 0.3 is 0 Å². The molecule has 118 valence electrons. The number of H-pyrrole nitrogens is 1. The van der Waals surface area contributed by atoms with Crippen molar-refractivity contribution in [3.05, 3.63) is 53.4 Å². The molecule has 2 heterocycles. The Hall–Kier alpha value is -1.72. The first-order valence-electron chi connectivity index (χ1n) is 7.76. The van der Waals surface area contributed by atoms with E-state index in [2.05, 4.69) is 14.9 Å². The average molecular weight is 303 g/mol. The molecular formula is C17H22FN3O. The molecule has 2 N–H and O–H groups in total. The summed E-state index contributed by atoms with van der Waals surface area (Å²) in [5, 5.41) is 10.4. The highest BCUT2D eigenvalue weighted by molar-refractivity contribution is 5.18. The number of imidazole rings is 1. The highest BCUT2D eigenvalue weighted by atomic mass is 19.1. The van der Waals surface area contributed by atoms with Crippen LogP contribution in [0.2, 0.25) is 0 Å². The van der Waals surface area contributed by atoms with Crippen LogP contribution < -0.4 is 0 Å². The predicted molar refractivity (Wildman–Crippen MR) is 82.8 cm³/mol. The molecule has 22 heavy (non-hydrogen) atoms. The lowest BCUT2D eigenvalue weighted by molar-refractivity contribution is 0.0180. The van der Waals surface area contributed by atoms with Gasteiger partial charge in [-0.1, -0.05) is 18.2 Å². The molecule has 3 rings (SSSR count). The minimum absolute atomic E-state index is 0.119. The number of piperidine rings is 1. The molecule has 1 aliphatic heterocycles. The number of aryl methyl sites for hydroxylation is 1. The van der Waals surface area contributed by atoms with Gasteiger partial charge in [-0.05, 0) is 43.9 Å². The minimum Gasteiger partial charge on any atom is -0.391 e. The number of aromatic nitrogens is 2. The highest BCUT2D eigenvalue weighted by Gasteiger charge is 2.28. The van der Waals surface area contributed by atoms with E-state index in [1.807, 2.05) is 19.1 Å². The summed E-state index contributed by atoms with van der Waals surface area (Å²) in [6.45, 7) is 4.27. The predicted octanol–water partition coefficient (Wildman–Crippen LogP) is 2.28. The van der Waals surface area contributed by atoms with Crippen LogP contribution >= 0.6 is 0 Å². The largest absolute Gasteiger partial charge is 0.391 e. The maximum atomic E-state index is 13.7. The van der Waals surface area contributed by atoms with E-state index in [0.29, 0.717) is 18.5 Å². The summed E-state index contributed by atoms with van der Waals surface area (Å²) in [6, 6.07) is 6.84. The zero-order chi connectivity index (χ0) is 15.5. The number of aromatic amines is 1. The number of nitrogens with zero attached hydrogens (tertiary/aromatic N) is 2. The lowest BCUT2D eigenvalue weighted by Crippen LogP contribution is -2.44. The van der Waals surface area contributed by atoms with Gasteiger partial charge in [0.2, 0.25) is 0 Å². The molecule has 2 atom stereocenters. The molecule has 1 aliphatic rings. The molecule has 1 saturated heterocycles. The molecule has 2 aromatic rings. The standard InChI is InChI=1S/C17H22FN3O/c1-12-16(20-11-19-12)9-21-7-6-14(17(22)10-21)8-13-4-2-3-5-15(13)18/h2-5,11,14,17,22H,6-10H2,1H3,(H,19,20)/t14-,17+/m1/s1. The third-order valence-corrected chi connectivity index (χ3v) is 4.55. The Labute approximate surface area is 130 Å². The smallest absolute Gasteiger partial charge is 0.126 e. The highest BCUT2D eigenvalue weighted by Crippen LogP contribution is 2.24. The van der Waals surface area contributed by atoms with E-state index in [-0.39, 0.29) is 11.7 Å². The molecule has 1 aromatic carbocycles. The molecule has 5 heteroatoms. The molecule has 0 saturated carbocycles. The van der Waals surface area contributed by atoms with Gasteiger partial charge in [0.05, 0.1) is 18.1 Å². The first kappa shape index (κ1) is 15.2. The number of halogens is 1. The zero-order valence-corrected chi connectivity index (χ0v) is 12.8. The second kappa shape index (κ2) is 6.58. The Kier molecular flexibility index (Phi) is 4.55.